The lowest BCUT2D eigenvalue weighted by atomic mass is 10.1. The lowest BCUT2D eigenvalue weighted by Crippen LogP contribution is -2.29. The van der Waals surface area contributed by atoms with Crippen LogP contribution in [0.4, 0.5) is 10.8 Å². The van der Waals surface area contributed by atoms with Gasteiger partial charge in [-0.3, -0.25) is 14.5 Å². The number of fused-ring (bicyclic) bond motifs is 1. The second-order valence-electron chi connectivity index (χ2n) is 7.42. The Labute approximate surface area is 169 Å². The van der Waals surface area contributed by atoms with Crippen molar-refractivity contribution in [3.8, 4) is 0 Å². The molecule has 1 unspecified atom stereocenters. The average molecular weight is 399 g/mol. The highest BCUT2D eigenvalue weighted by Crippen LogP contribution is 2.30. The Morgan fingerprint density at radius 1 is 1.29 bits per heavy atom. The van der Waals surface area contributed by atoms with Gasteiger partial charge >= 0.3 is 0 Å². The number of carbonyl (C=O) groups is 2. The van der Waals surface area contributed by atoms with Gasteiger partial charge in [0.05, 0.1) is 11.6 Å². The van der Waals surface area contributed by atoms with E-state index >= 15 is 0 Å². The summed E-state index contributed by atoms with van der Waals surface area (Å²) in [4.78, 5) is 35.1. The number of thiazole rings is 1. The van der Waals surface area contributed by atoms with Crippen LogP contribution in [0.3, 0.4) is 0 Å². The number of nitrogens with zero attached hydrogens (tertiary/aromatic N) is 3. The molecule has 28 heavy (non-hydrogen) atoms. The van der Waals surface area contributed by atoms with Gasteiger partial charge in [-0.25, -0.2) is 4.98 Å². The molecule has 0 spiro atoms. The maximum absolute atomic E-state index is 12.7. The number of nitrogens with one attached hydrogen (secondary N) is 1. The topological polar surface area (TPSA) is 65.5 Å². The number of amides is 2. The minimum absolute atomic E-state index is 0.00131. The van der Waals surface area contributed by atoms with Crippen LogP contribution in [0.2, 0.25) is 0 Å². The number of hydrogen-bond acceptors (Lipinski definition) is 5. The van der Waals surface area contributed by atoms with E-state index in [1.165, 1.54) is 10.4 Å². The number of hydrogen-bond donors (Lipinski definition) is 1. The summed E-state index contributed by atoms with van der Waals surface area (Å²) in [6.07, 6.45) is 2.14. The fourth-order valence-corrected chi connectivity index (χ4v) is 4.88. The highest BCUT2D eigenvalue weighted by molar-refractivity contribution is 7.15. The summed E-state index contributed by atoms with van der Waals surface area (Å²) in [5.74, 6) is -0.452. The van der Waals surface area contributed by atoms with Gasteiger partial charge in [0.15, 0.2) is 5.13 Å². The van der Waals surface area contributed by atoms with Crippen molar-refractivity contribution in [3.05, 3.63) is 40.4 Å². The van der Waals surface area contributed by atoms with Crippen LogP contribution in [0.5, 0.6) is 0 Å². The maximum Gasteiger partial charge on any atom is 0.231 e. The molecule has 1 saturated heterocycles. The Bertz CT molecular complexity index is 877. The van der Waals surface area contributed by atoms with Crippen molar-refractivity contribution in [2.45, 2.75) is 39.7 Å². The van der Waals surface area contributed by atoms with Gasteiger partial charge in [0.1, 0.15) is 0 Å². The smallest absolute Gasteiger partial charge is 0.231 e. The van der Waals surface area contributed by atoms with Crippen LogP contribution >= 0.6 is 11.3 Å². The summed E-state index contributed by atoms with van der Waals surface area (Å²) in [7, 11) is 0. The van der Waals surface area contributed by atoms with Crippen LogP contribution in [0.1, 0.15) is 36.4 Å². The first-order chi connectivity index (χ1) is 13.6. The van der Waals surface area contributed by atoms with Crippen LogP contribution in [0.25, 0.3) is 0 Å². The second kappa shape index (κ2) is 8.01. The predicted molar refractivity (Wildman–Crippen MR) is 112 cm³/mol. The molecule has 1 fully saturated rings. The maximum atomic E-state index is 12.7. The Hall–Kier alpha value is -2.25. The van der Waals surface area contributed by atoms with Gasteiger partial charge in [-0.05, 0) is 30.7 Å². The summed E-state index contributed by atoms with van der Waals surface area (Å²) >= 11 is 1.56. The van der Waals surface area contributed by atoms with Crippen molar-refractivity contribution >= 4 is 34.0 Å². The number of aromatic nitrogens is 1. The van der Waals surface area contributed by atoms with Crippen molar-refractivity contribution in [2.24, 2.45) is 5.92 Å². The number of carbonyl (C=O) groups excluding carboxylic acids is 2. The van der Waals surface area contributed by atoms with Crippen molar-refractivity contribution in [1.82, 2.24) is 9.88 Å². The molecule has 7 heteroatoms. The van der Waals surface area contributed by atoms with Crippen LogP contribution in [-0.4, -0.2) is 41.3 Å². The molecule has 2 amide bonds. The molecule has 148 valence electrons. The van der Waals surface area contributed by atoms with Gasteiger partial charge in [-0.15, -0.1) is 11.3 Å². The van der Waals surface area contributed by atoms with Gasteiger partial charge in [0, 0.05) is 43.0 Å². The molecule has 6 nitrogen and oxygen atoms in total. The quantitative estimate of drug-likeness (QED) is 0.841. The molecule has 2 aliphatic rings. The number of aryl methyl sites for hydroxylation is 1. The Kier molecular flexibility index (Phi) is 5.46. The van der Waals surface area contributed by atoms with E-state index in [2.05, 4.69) is 29.0 Å². The Balaban J connectivity index is 1.40. The molecule has 4 rings (SSSR count). The number of likely N-dealkylation sites (N-methyl/N-ethyl adjacent to an activating group) is 1. The van der Waals surface area contributed by atoms with Crippen LogP contribution < -0.4 is 10.2 Å². The zero-order valence-electron chi connectivity index (χ0n) is 16.4. The summed E-state index contributed by atoms with van der Waals surface area (Å²) in [5.41, 5.74) is 3.20. The number of benzene rings is 1. The van der Waals surface area contributed by atoms with Crippen LogP contribution in [-0.2, 0) is 29.0 Å². The molecule has 1 N–H and O–H groups in total. The Morgan fingerprint density at radius 2 is 2.07 bits per heavy atom. The zero-order chi connectivity index (χ0) is 19.7. The lowest BCUT2D eigenvalue weighted by molar-refractivity contribution is -0.122. The molecule has 3 heterocycles. The molecule has 2 aromatic rings. The first-order valence-electron chi connectivity index (χ1n) is 9.98. The zero-order valence-corrected chi connectivity index (χ0v) is 17.2. The van der Waals surface area contributed by atoms with E-state index in [0.717, 1.165) is 43.9 Å². The van der Waals surface area contributed by atoms with Crippen molar-refractivity contribution < 1.29 is 9.59 Å². The summed E-state index contributed by atoms with van der Waals surface area (Å²) < 4.78 is 0. The number of rotatable bonds is 5. The van der Waals surface area contributed by atoms with Crippen molar-refractivity contribution in [3.63, 3.8) is 0 Å². The summed E-state index contributed by atoms with van der Waals surface area (Å²) in [6, 6.07) is 8.00. The van der Waals surface area contributed by atoms with E-state index < -0.39 is 0 Å². The molecule has 0 saturated carbocycles. The van der Waals surface area contributed by atoms with E-state index in [4.69, 9.17) is 0 Å². The van der Waals surface area contributed by atoms with Gasteiger partial charge in [0.2, 0.25) is 11.8 Å². The van der Waals surface area contributed by atoms with Gasteiger partial charge in [-0.1, -0.05) is 26.0 Å². The van der Waals surface area contributed by atoms with Crippen LogP contribution in [0, 0.1) is 5.92 Å². The monoisotopic (exact) mass is 398 g/mol. The first-order valence-corrected chi connectivity index (χ1v) is 10.8. The SMILES string of the molecule is CCc1ccc(N2CC(C(=O)Nc3nc4c(s3)CN(CC)CC4)CC2=O)cc1. The van der Waals surface area contributed by atoms with E-state index in [1.54, 1.807) is 16.2 Å². The second-order valence-corrected chi connectivity index (χ2v) is 8.51. The Morgan fingerprint density at radius 3 is 2.79 bits per heavy atom. The molecule has 2 aliphatic heterocycles. The highest BCUT2D eigenvalue weighted by Gasteiger charge is 2.35. The molecular weight excluding hydrogens is 372 g/mol. The molecule has 1 aromatic heterocycles. The van der Waals surface area contributed by atoms with E-state index in [1.807, 2.05) is 24.3 Å². The average Bonchev–Trinajstić information content (AvgIpc) is 3.30. The first kappa shape index (κ1) is 19.1. The number of anilines is 2. The fourth-order valence-electron chi connectivity index (χ4n) is 3.82. The minimum Gasteiger partial charge on any atom is -0.312 e. The third-order valence-electron chi connectivity index (χ3n) is 5.64. The van der Waals surface area contributed by atoms with E-state index in [-0.39, 0.29) is 24.2 Å². The summed E-state index contributed by atoms with van der Waals surface area (Å²) in [5, 5.41) is 3.61. The molecule has 0 radical (unpaired) electrons. The molecule has 0 aliphatic carbocycles. The summed E-state index contributed by atoms with van der Waals surface area (Å²) in [6.45, 7) is 7.63. The normalized spacial score (nSPS) is 19.7. The molecular formula is C21H26N4O2S. The third-order valence-corrected chi connectivity index (χ3v) is 6.64. The van der Waals surface area contributed by atoms with Gasteiger partial charge in [0.25, 0.3) is 0 Å². The predicted octanol–water partition coefficient (Wildman–Crippen LogP) is 3.08. The van der Waals surface area contributed by atoms with E-state index in [9.17, 15) is 9.59 Å². The minimum atomic E-state index is -0.341. The van der Waals surface area contributed by atoms with Crippen LogP contribution in [0.15, 0.2) is 24.3 Å². The van der Waals surface area contributed by atoms with Crippen molar-refractivity contribution in [1.29, 1.82) is 0 Å². The third kappa shape index (κ3) is 3.82. The largest absolute Gasteiger partial charge is 0.312 e. The fraction of sp³-hybridized carbons (Fsp3) is 0.476. The van der Waals surface area contributed by atoms with Crippen molar-refractivity contribution in [2.75, 3.05) is 29.9 Å². The lowest BCUT2D eigenvalue weighted by Gasteiger charge is -2.23. The highest BCUT2D eigenvalue weighted by atomic mass is 32.1. The molecule has 1 atom stereocenters. The van der Waals surface area contributed by atoms with E-state index in [0.29, 0.717) is 11.7 Å². The standard InChI is InChI=1S/C21H26N4O2S/c1-3-14-5-7-16(8-6-14)25-12-15(11-19(25)26)20(27)23-21-22-17-9-10-24(4-2)13-18(17)28-21/h5-8,15H,3-4,9-13H2,1-2H3,(H,22,23,27). The molecule has 1 aromatic carbocycles. The van der Waals surface area contributed by atoms with Gasteiger partial charge < -0.3 is 10.2 Å². The van der Waals surface area contributed by atoms with Gasteiger partial charge in [-0.2, -0.15) is 0 Å². The molecule has 0 bridgehead atoms.